The average Bonchev–Trinajstić information content (AvgIpc) is 3.15. The Hall–Kier alpha value is -1.84. The Morgan fingerprint density at radius 1 is 1.04 bits per heavy atom. The van der Waals surface area contributed by atoms with Crippen LogP contribution >= 0.6 is 11.6 Å². The molecule has 0 spiro atoms. The normalized spacial score (nSPS) is 15.6. The maximum absolute atomic E-state index is 6.54. The fraction of sp³-hybridized carbons (Fsp3) is 0.409. The van der Waals surface area contributed by atoms with Crippen molar-refractivity contribution in [1.29, 1.82) is 0 Å². The molecule has 26 heavy (non-hydrogen) atoms. The van der Waals surface area contributed by atoms with Gasteiger partial charge in [-0.1, -0.05) is 61.9 Å². The average molecular weight is 368 g/mol. The van der Waals surface area contributed by atoms with E-state index in [0.717, 1.165) is 46.2 Å². The van der Waals surface area contributed by atoms with Crippen molar-refractivity contribution in [3.05, 3.63) is 53.3 Å². The summed E-state index contributed by atoms with van der Waals surface area (Å²) >= 11 is 6.54. The molecular weight excluding hydrogens is 342 g/mol. The van der Waals surface area contributed by atoms with Gasteiger partial charge in [-0.3, -0.25) is 0 Å². The molecule has 1 aromatic heterocycles. The Morgan fingerprint density at radius 2 is 1.85 bits per heavy atom. The first-order valence-electron chi connectivity index (χ1n) is 9.72. The number of benzene rings is 2. The van der Waals surface area contributed by atoms with Gasteiger partial charge in [-0.25, -0.2) is 4.98 Å². The van der Waals surface area contributed by atoms with Gasteiger partial charge in [0.2, 0.25) is 0 Å². The Kier molecular flexibility index (Phi) is 5.57. The number of fused-ring (bicyclic) bond motifs is 1. The highest BCUT2D eigenvalue weighted by Crippen LogP contribution is 2.28. The number of aromatic amines is 1. The lowest BCUT2D eigenvalue weighted by molar-refractivity contribution is 0.334. The predicted molar refractivity (Wildman–Crippen MR) is 109 cm³/mol. The van der Waals surface area contributed by atoms with Gasteiger partial charge in [-0.15, -0.1) is 0 Å². The second-order valence-corrected chi connectivity index (χ2v) is 7.82. The molecule has 3 aromatic rings. The number of aromatic nitrogens is 2. The van der Waals surface area contributed by atoms with Crippen molar-refractivity contribution in [2.24, 2.45) is 5.92 Å². The lowest BCUT2D eigenvalue weighted by atomic mass is 9.87. The molecule has 1 aliphatic rings. The van der Waals surface area contributed by atoms with E-state index < -0.39 is 0 Å². The van der Waals surface area contributed by atoms with Crippen LogP contribution in [0.1, 0.15) is 44.1 Å². The van der Waals surface area contributed by atoms with Gasteiger partial charge in [-0.05, 0) is 53.8 Å². The highest BCUT2D eigenvalue weighted by Gasteiger charge is 2.12. The van der Waals surface area contributed by atoms with Crippen molar-refractivity contribution in [2.75, 3.05) is 6.54 Å². The van der Waals surface area contributed by atoms with Crippen molar-refractivity contribution in [2.45, 2.75) is 45.1 Å². The van der Waals surface area contributed by atoms with E-state index in [0.29, 0.717) is 0 Å². The molecule has 0 amide bonds. The highest BCUT2D eigenvalue weighted by molar-refractivity contribution is 6.31. The molecule has 2 N–H and O–H groups in total. The number of nitrogens with one attached hydrogen (secondary N) is 2. The third kappa shape index (κ3) is 4.11. The molecule has 3 nitrogen and oxygen atoms in total. The Labute approximate surface area is 160 Å². The van der Waals surface area contributed by atoms with Crippen LogP contribution in [0, 0.1) is 5.92 Å². The number of imidazole rings is 1. The van der Waals surface area contributed by atoms with Crippen LogP contribution in [0.15, 0.2) is 42.7 Å². The molecule has 1 heterocycles. The maximum atomic E-state index is 6.54. The molecule has 4 rings (SSSR count). The van der Waals surface area contributed by atoms with Gasteiger partial charge < -0.3 is 10.3 Å². The summed E-state index contributed by atoms with van der Waals surface area (Å²) in [5.41, 5.74) is 5.49. The van der Waals surface area contributed by atoms with Gasteiger partial charge in [0, 0.05) is 11.6 Å². The maximum Gasteiger partial charge on any atom is 0.0931 e. The van der Waals surface area contributed by atoms with Gasteiger partial charge in [-0.2, -0.15) is 0 Å². The number of hydrogen-bond donors (Lipinski definition) is 2. The van der Waals surface area contributed by atoms with Gasteiger partial charge >= 0.3 is 0 Å². The van der Waals surface area contributed by atoms with Gasteiger partial charge in [0.25, 0.3) is 0 Å². The first kappa shape index (κ1) is 17.6. The van der Waals surface area contributed by atoms with E-state index in [1.807, 2.05) is 6.07 Å². The zero-order valence-electron chi connectivity index (χ0n) is 15.1. The molecule has 0 aliphatic heterocycles. The minimum atomic E-state index is 0.831. The van der Waals surface area contributed by atoms with Crippen molar-refractivity contribution >= 4 is 22.6 Å². The highest BCUT2D eigenvalue weighted by atomic mass is 35.5. The van der Waals surface area contributed by atoms with E-state index >= 15 is 0 Å². The SMILES string of the molecule is Clc1cc(-c2ccc3nc[nH]c3c2)ccc1CNCCC1CCCCC1. The number of halogens is 1. The van der Waals surface area contributed by atoms with Crippen LogP contribution in [0.2, 0.25) is 5.02 Å². The van der Waals surface area contributed by atoms with Crippen LogP contribution < -0.4 is 5.32 Å². The van der Waals surface area contributed by atoms with Crippen molar-refractivity contribution in [3.8, 4) is 11.1 Å². The van der Waals surface area contributed by atoms with Gasteiger partial charge in [0.15, 0.2) is 0 Å². The van der Waals surface area contributed by atoms with Crippen LogP contribution in [-0.4, -0.2) is 16.5 Å². The molecule has 1 aliphatic carbocycles. The molecule has 0 saturated heterocycles. The summed E-state index contributed by atoms with van der Waals surface area (Å²) < 4.78 is 0. The van der Waals surface area contributed by atoms with E-state index in [4.69, 9.17) is 11.6 Å². The smallest absolute Gasteiger partial charge is 0.0931 e. The molecule has 0 atom stereocenters. The van der Waals surface area contributed by atoms with Crippen LogP contribution in [0.3, 0.4) is 0 Å². The molecule has 1 saturated carbocycles. The van der Waals surface area contributed by atoms with Crippen LogP contribution in [-0.2, 0) is 6.54 Å². The van der Waals surface area contributed by atoms with Gasteiger partial charge in [0.05, 0.1) is 17.4 Å². The minimum Gasteiger partial charge on any atom is -0.345 e. The number of H-pyrrole nitrogens is 1. The Morgan fingerprint density at radius 3 is 2.69 bits per heavy atom. The third-order valence-corrected chi connectivity index (χ3v) is 5.93. The first-order valence-corrected chi connectivity index (χ1v) is 10.1. The lowest BCUT2D eigenvalue weighted by Gasteiger charge is -2.21. The minimum absolute atomic E-state index is 0.831. The molecule has 0 bridgehead atoms. The summed E-state index contributed by atoms with van der Waals surface area (Å²) in [6.07, 6.45) is 10.1. The van der Waals surface area contributed by atoms with Crippen molar-refractivity contribution in [3.63, 3.8) is 0 Å². The summed E-state index contributed by atoms with van der Waals surface area (Å²) in [7, 11) is 0. The second kappa shape index (κ2) is 8.24. The van der Waals surface area contributed by atoms with E-state index in [1.54, 1.807) is 6.33 Å². The predicted octanol–water partition coefficient (Wildman–Crippen LogP) is 5.94. The summed E-state index contributed by atoms with van der Waals surface area (Å²) in [6.45, 7) is 1.92. The monoisotopic (exact) mass is 367 g/mol. The van der Waals surface area contributed by atoms with Gasteiger partial charge in [0.1, 0.15) is 0 Å². The zero-order chi connectivity index (χ0) is 17.8. The molecule has 136 valence electrons. The number of nitrogens with zero attached hydrogens (tertiary/aromatic N) is 1. The lowest BCUT2D eigenvalue weighted by Crippen LogP contribution is -2.19. The molecule has 0 unspecified atom stereocenters. The van der Waals surface area contributed by atoms with Crippen LogP contribution in [0.25, 0.3) is 22.2 Å². The molecule has 2 aromatic carbocycles. The molecular formula is C22H26ClN3. The summed E-state index contributed by atoms with van der Waals surface area (Å²) in [4.78, 5) is 7.43. The topological polar surface area (TPSA) is 40.7 Å². The van der Waals surface area contributed by atoms with Crippen molar-refractivity contribution < 1.29 is 0 Å². The standard InChI is InChI=1S/C22H26ClN3/c23-20-12-17(18-8-9-21-22(13-18)26-15-25-21)6-7-19(20)14-24-11-10-16-4-2-1-3-5-16/h6-9,12-13,15-16,24H,1-5,10-11,14H2,(H,25,26). The van der Waals surface area contributed by atoms with Crippen molar-refractivity contribution in [1.82, 2.24) is 15.3 Å². The van der Waals surface area contributed by atoms with E-state index in [2.05, 4.69) is 45.6 Å². The largest absolute Gasteiger partial charge is 0.345 e. The molecule has 1 fully saturated rings. The summed E-state index contributed by atoms with van der Waals surface area (Å²) in [5, 5.41) is 4.40. The summed E-state index contributed by atoms with van der Waals surface area (Å²) in [6, 6.07) is 12.6. The Bertz CT molecular complexity index is 865. The zero-order valence-corrected chi connectivity index (χ0v) is 15.9. The third-order valence-electron chi connectivity index (χ3n) is 5.58. The number of hydrogen-bond acceptors (Lipinski definition) is 2. The number of rotatable bonds is 6. The van der Waals surface area contributed by atoms with Crippen LogP contribution in [0.4, 0.5) is 0 Å². The van der Waals surface area contributed by atoms with Crippen LogP contribution in [0.5, 0.6) is 0 Å². The van der Waals surface area contributed by atoms with E-state index in [-0.39, 0.29) is 0 Å². The molecule has 4 heteroatoms. The first-order chi connectivity index (χ1) is 12.8. The fourth-order valence-corrected chi connectivity index (χ4v) is 4.24. The summed E-state index contributed by atoms with van der Waals surface area (Å²) in [5.74, 6) is 0.923. The fourth-order valence-electron chi connectivity index (χ4n) is 3.99. The van der Waals surface area contributed by atoms with E-state index in [1.165, 1.54) is 44.1 Å². The Balaban J connectivity index is 1.36. The molecule has 0 radical (unpaired) electrons. The van der Waals surface area contributed by atoms with E-state index in [9.17, 15) is 0 Å². The second-order valence-electron chi connectivity index (χ2n) is 7.41. The quantitative estimate of drug-likeness (QED) is 0.529.